The molecule has 0 aliphatic heterocycles. The zero-order valence-electron chi connectivity index (χ0n) is 11.3. The highest BCUT2D eigenvalue weighted by Gasteiger charge is 2.44. The Balaban J connectivity index is 1.63. The first kappa shape index (κ1) is 12.3. The largest absolute Gasteiger partial charge is 0.360 e. The fourth-order valence-electron chi connectivity index (χ4n) is 3.06. The Kier molecular flexibility index (Phi) is 2.67. The van der Waals surface area contributed by atoms with E-state index in [2.05, 4.69) is 17.1 Å². The van der Waals surface area contributed by atoms with Gasteiger partial charge in [0.15, 0.2) is 5.78 Å². The average Bonchev–Trinajstić information content (AvgIpc) is 3.21. The van der Waals surface area contributed by atoms with Crippen molar-refractivity contribution < 1.29 is 9.18 Å². The minimum absolute atomic E-state index is 0.0523. The smallest absolute Gasteiger partial charge is 0.168 e. The summed E-state index contributed by atoms with van der Waals surface area (Å²) in [6, 6.07) is 14.6. The van der Waals surface area contributed by atoms with E-state index in [4.69, 9.17) is 0 Å². The molecule has 2 atom stereocenters. The lowest BCUT2D eigenvalue weighted by Gasteiger charge is -2.00. The molecule has 0 saturated heterocycles. The van der Waals surface area contributed by atoms with Crippen LogP contribution in [0.25, 0.3) is 10.9 Å². The molecule has 104 valence electrons. The van der Waals surface area contributed by atoms with Gasteiger partial charge in [-0.1, -0.05) is 30.3 Å². The Morgan fingerprint density at radius 1 is 1.14 bits per heavy atom. The lowest BCUT2D eigenvalue weighted by atomic mass is 10.0. The number of hydrogen-bond donors (Lipinski definition) is 1. The molecule has 0 bridgehead atoms. The first-order valence-corrected chi connectivity index (χ1v) is 7.10. The lowest BCUT2D eigenvalue weighted by molar-refractivity contribution is 0.0967. The van der Waals surface area contributed by atoms with E-state index in [9.17, 15) is 9.18 Å². The topological polar surface area (TPSA) is 32.9 Å². The predicted molar refractivity (Wildman–Crippen MR) is 79.9 cm³/mol. The summed E-state index contributed by atoms with van der Waals surface area (Å²) in [4.78, 5) is 15.6. The zero-order valence-corrected chi connectivity index (χ0v) is 11.3. The van der Waals surface area contributed by atoms with Gasteiger partial charge in [0.25, 0.3) is 0 Å². The zero-order chi connectivity index (χ0) is 14.4. The second-order valence-electron chi connectivity index (χ2n) is 5.62. The monoisotopic (exact) mass is 279 g/mol. The summed E-state index contributed by atoms with van der Waals surface area (Å²) in [6.07, 6.45) is 2.60. The minimum atomic E-state index is -0.295. The van der Waals surface area contributed by atoms with Crippen molar-refractivity contribution in [1.82, 2.24) is 4.98 Å². The van der Waals surface area contributed by atoms with Crippen LogP contribution in [0.4, 0.5) is 4.39 Å². The van der Waals surface area contributed by atoms with Crippen LogP contribution < -0.4 is 0 Å². The molecular formula is C18H14FNO. The molecule has 0 amide bonds. The van der Waals surface area contributed by atoms with E-state index >= 15 is 0 Å². The number of ketones is 1. The summed E-state index contributed by atoms with van der Waals surface area (Å²) in [5, 5.41) is 0.806. The van der Waals surface area contributed by atoms with Gasteiger partial charge in [0, 0.05) is 28.6 Å². The van der Waals surface area contributed by atoms with Crippen molar-refractivity contribution in [3.05, 3.63) is 71.7 Å². The minimum Gasteiger partial charge on any atom is -0.360 e. The molecule has 1 N–H and O–H groups in total. The summed E-state index contributed by atoms with van der Waals surface area (Å²) in [5.74, 6) is 0.235. The number of Topliss-reactive ketones (excluding diaryl/α,β-unsaturated/α-hetero) is 1. The van der Waals surface area contributed by atoms with Gasteiger partial charge in [-0.3, -0.25) is 4.79 Å². The third-order valence-corrected chi connectivity index (χ3v) is 4.26. The van der Waals surface area contributed by atoms with Gasteiger partial charge in [0.05, 0.1) is 0 Å². The van der Waals surface area contributed by atoms with Gasteiger partial charge in [-0.25, -0.2) is 4.39 Å². The molecule has 4 rings (SSSR count). The maximum absolute atomic E-state index is 13.2. The van der Waals surface area contributed by atoms with Gasteiger partial charge in [-0.15, -0.1) is 0 Å². The number of aromatic amines is 1. The number of fused-ring (bicyclic) bond motifs is 1. The first-order valence-electron chi connectivity index (χ1n) is 7.10. The molecule has 2 aromatic carbocycles. The SMILES string of the molecule is O=C(c1c[nH]c2cc(F)ccc12)C1CC1c1ccccc1. The van der Waals surface area contributed by atoms with Crippen LogP contribution in [0, 0.1) is 11.7 Å². The summed E-state index contributed by atoms with van der Waals surface area (Å²) in [6.45, 7) is 0. The van der Waals surface area contributed by atoms with Crippen molar-refractivity contribution in [1.29, 1.82) is 0 Å². The highest BCUT2D eigenvalue weighted by atomic mass is 19.1. The third-order valence-electron chi connectivity index (χ3n) is 4.26. The van der Waals surface area contributed by atoms with Crippen LogP contribution >= 0.6 is 0 Å². The van der Waals surface area contributed by atoms with Gasteiger partial charge in [-0.2, -0.15) is 0 Å². The molecule has 2 nitrogen and oxygen atoms in total. The number of rotatable bonds is 3. The number of nitrogens with one attached hydrogen (secondary N) is 1. The van der Waals surface area contributed by atoms with Crippen molar-refractivity contribution in [3.63, 3.8) is 0 Å². The highest BCUT2D eigenvalue weighted by Crippen LogP contribution is 2.49. The fourth-order valence-corrected chi connectivity index (χ4v) is 3.06. The van der Waals surface area contributed by atoms with Crippen LogP contribution in [-0.2, 0) is 0 Å². The number of benzene rings is 2. The second-order valence-corrected chi connectivity index (χ2v) is 5.62. The number of carbonyl (C=O) groups excluding carboxylic acids is 1. The van der Waals surface area contributed by atoms with Crippen LogP contribution in [0.3, 0.4) is 0 Å². The van der Waals surface area contributed by atoms with Gasteiger partial charge in [0.1, 0.15) is 5.82 Å². The standard InChI is InChI=1S/C18H14FNO/c19-12-6-7-13-16(10-20-17(13)8-12)18(21)15-9-14(15)11-4-2-1-3-5-11/h1-8,10,14-15,20H,9H2. The Labute approximate surface area is 121 Å². The molecule has 1 aromatic heterocycles. The van der Waals surface area contributed by atoms with Crippen LogP contribution in [0.2, 0.25) is 0 Å². The number of carbonyl (C=O) groups is 1. The fraction of sp³-hybridized carbons (Fsp3) is 0.167. The van der Waals surface area contributed by atoms with Gasteiger partial charge >= 0.3 is 0 Å². The van der Waals surface area contributed by atoms with E-state index in [-0.39, 0.29) is 17.5 Å². The predicted octanol–water partition coefficient (Wildman–Crippen LogP) is 4.29. The Bertz CT molecular complexity index is 822. The quantitative estimate of drug-likeness (QED) is 0.713. The van der Waals surface area contributed by atoms with Crippen LogP contribution in [0.15, 0.2) is 54.7 Å². The summed E-state index contributed by atoms with van der Waals surface area (Å²) in [5.41, 5.74) is 2.57. The summed E-state index contributed by atoms with van der Waals surface area (Å²) in [7, 11) is 0. The van der Waals surface area contributed by atoms with Crippen molar-refractivity contribution in [2.24, 2.45) is 5.92 Å². The number of hydrogen-bond acceptors (Lipinski definition) is 1. The van der Waals surface area contributed by atoms with Crippen LogP contribution in [0.5, 0.6) is 0 Å². The number of H-pyrrole nitrogens is 1. The molecule has 2 unspecified atom stereocenters. The van der Waals surface area contributed by atoms with Crippen LogP contribution in [-0.4, -0.2) is 10.8 Å². The highest BCUT2D eigenvalue weighted by molar-refractivity contribution is 6.10. The van der Waals surface area contributed by atoms with E-state index < -0.39 is 0 Å². The normalized spacial score (nSPS) is 20.6. The Hall–Kier alpha value is -2.42. The molecule has 3 aromatic rings. The summed E-state index contributed by atoms with van der Waals surface area (Å²) < 4.78 is 13.2. The van der Waals surface area contributed by atoms with Crippen molar-refractivity contribution in [3.8, 4) is 0 Å². The number of aromatic nitrogens is 1. The van der Waals surface area contributed by atoms with E-state index in [1.54, 1.807) is 12.3 Å². The molecule has 1 fully saturated rings. The molecule has 1 aliphatic carbocycles. The molecule has 1 heterocycles. The third kappa shape index (κ3) is 2.05. The van der Waals surface area contributed by atoms with Gasteiger partial charge < -0.3 is 4.98 Å². The maximum atomic E-state index is 13.2. The molecule has 0 radical (unpaired) electrons. The van der Waals surface area contributed by atoms with E-state index in [1.807, 2.05) is 18.2 Å². The summed E-state index contributed by atoms with van der Waals surface area (Å²) >= 11 is 0. The number of halogens is 1. The average molecular weight is 279 g/mol. The van der Waals surface area contributed by atoms with Crippen molar-refractivity contribution >= 4 is 16.7 Å². The molecular weight excluding hydrogens is 265 g/mol. The Morgan fingerprint density at radius 3 is 2.76 bits per heavy atom. The lowest BCUT2D eigenvalue weighted by Crippen LogP contribution is -2.02. The Morgan fingerprint density at radius 2 is 1.95 bits per heavy atom. The molecule has 3 heteroatoms. The maximum Gasteiger partial charge on any atom is 0.168 e. The molecule has 0 spiro atoms. The second kappa shape index (κ2) is 4.55. The van der Waals surface area contributed by atoms with Crippen molar-refractivity contribution in [2.75, 3.05) is 0 Å². The van der Waals surface area contributed by atoms with Crippen LogP contribution in [0.1, 0.15) is 28.3 Å². The van der Waals surface area contributed by atoms with Gasteiger partial charge in [-0.05, 0) is 36.1 Å². The van der Waals surface area contributed by atoms with E-state index in [1.165, 1.54) is 17.7 Å². The van der Waals surface area contributed by atoms with E-state index in [0.717, 1.165) is 11.8 Å². The van der Waals surface area contributed by atoms with Gasteiger partial charge in [0.2, 0.25) is 0 Å². The van der Waals surface area contributed by atoms with Crippen molar-refractivity contribution in [2.45, 2.75) is 12.3 Å². The first-order chi connectivity index (χ1) is 10.2. The molecule has 21 heavy (non-hydrogen) atoms. The molecule has 1 aliphatic rings. The molecule has 1 saturated carbocycles. The van der Waals surface area contributed by atoms with E-state index in [0.29, 0.717) is 17.0 Å².